The molecule has 3 rings (SSSR count). The number of benzene rings is 2. The SMILES string of the molecule is CN=C(NCCc1cccc(C(=O)NC)c1)NC1CCCN(c2ccc(F)cc2C)C1. The number of rotatable bonds is 6. The van der Waals surface area contributed by atoms with Gasteiger partial charge in [-0.3, -0.25) is 9.79 Å². The number of carbonyl (C=O) groups excluding carboxylic acids is 1. The van der Waals surface area contributed by atoms with E-state index in [4.69, 9.17) is 0 Å². The Labute approximate surface area is 183 Å². The van der Waals surface area contributed by atoms with Crippen LogP contribution in [0.4, 0.5) is 10.1 Å². The van der Waals surface area contributed by atoms with Gasteiger partial charge in [0.25, 0.3) is 5.91 Å². The number of halogens is 1. The van der Waals surface area contributed by atoms with Crippen molar-refractivity contribution in [1.82, 2.24) is 16.0 Å². The molecule has 1 fully saturated rings. The van der Waals surface area contributed by atoms with Crippen LogP contribution in [0.3, 0.4) is 0 Å². The molecule has 0 aromatic heterocycles. The Kier molecular flexibility index (Phi) is 7.87. The molecule has 7 heteroatoms. The van der Waals surface area contributed by atoms with Gasteiger partial charge in [-0.05, 0) is 67.6 Å². The number of anilines is 1. The van der Waals surface area contributed by atoms with Crippen LogP contribution < -0.4 is 20.9 Å². The summed E-state index contributed by atoms with van der Waals surface area (Å²) in [7, 11) is 3.41. The van der Waals surface area contributed by atoms with E-state index in [1.165, 1.54) is 6.07 Å². The first-order valence-corrected chi connectivity index (χ1v) is 10.8. The number of aliphatic imine (C=N–C) groups is 1. The lowest BCUT2D eigenvalue weighted by atomic mass is 10.0. The lowest BCUT2D eigenvalue weighted by molar-refractivity contribution is 0.0963. The number of guanidine groups is 1. The van der Waals surface area contributed by atoms with E-state index in [1.807, 2.05) is 37.3 Å². The summed E-state index contributed by atoms with van der Waals surface area (Å²) in [6.45, 7) is 4.49. The lowest BCUT2D eigenvalue weighted by Crippen LogP contribution is -2.51. The zero-order valence-corrected chi connectivity index (χ0v) is 18.5. The summed E-state index contributed by atoms with van der Waals surface area (Å²) in [6.07, 6.45) is 2.92. The minimum Gasteiger partial charge on any atom is -0.369 e. The maximum atomic E-state index is 13.5. The average Bonchev–Trinajstić information content (AvgIpc) is 2.78. The van der Waals surface area contributed by atoms with Gasteiger partial charge in [0.1, 0.15) is 5.82 Å². The van der Waals surface area contributed by atoms with E-state index < -0.39 is 0 Å². The van der Waals surface area contributed by atoms with Crippen LogP contribution in [-0.4, -0.2) is 51.6 Å². The van der Waals surface area contributed by atoms with Crippen LogP contribution in [-0.2, 0) is 6.42 Å². The molecular weight excluding hydrogens is 393 g/mol. The highest BCUT2D eigenvalue weighted by atomic mass is 19.1. The number of aryl methyl sites for hydroxylation is 1. The molecule has 1 aliphatic rings. The summed E-state index contributed by atoms with van der Waals surface area (Å²) in [5.74, 6) is 0.495. The van der Waals surface area contributed by atoms with Crippen LogP contribution in [0.5, 0.6) is 0 Å². The second kappa shape index (κ2) is 10.8. The molecule has 1 aliphatic heterocycles. The predicted octanol–water partition coefficient (Wildman–Crippen LogP) is 2.87. The van der Waals surface area contributed by atoms with Crippen LogP contribution >= 0.6 is 0 Å². The van der Waals surface area contributed by atoms with Gasteiger partial charge in [0.15, 0.2) is 5.96 Å². The summed E-state index contributed by atoms with van der Waals surface area (Å²) < 4.78 is 13.5. The van der Waals surface area contributed by atoms with E-state index >= 15 is 0 Å². The minimum atomic E-state index is -0.196. The van der Waals surface area contributed by atoms with E-state index in [-0.39, 0.29) is 17.8 Å². The first kappa shape index (κ1) is 22.6. The summed E-state index contributed by atoms with van der Waals surface area (Å²) in [6, 6.07) is 12.9. The molecule has 1 atom stereocenters. The van der Waals surface area contributed by atoms with Gasteiger partial charge in [0.2, 0.25) is 0 Å². The van der Waals surface area contributed by atoms with Crippen molar-refractivity contribution in [2.45, 2.75) is 32.2 Å². The summed E-state index contributed by atoms with van der Waals surface area (Å²) in [5, 5.41) is 9.54. The Morgan fingerprint density at radius 1 is 1.26 bits per heavy atom. The van der Waals surface area contributed by atoms with Crippen LogP contribution in [0.1, 0.15) is 34.3 Å². The van der Waals surface area contributed by atoms with E-state index in [2.05, 4.69) is 25.8 Å². The third-order valence-corrected chi connectivity index (χ3v) is 5.61. The number of nitrogens with zero attached hydrogens (tertiary/aromatic N) is 2. The molecule has 0 spiro atoms. The fraction of sp³-hybridized carbons (Fsp3) is 0.417. The first-order chi connectivity index (χ1) is 15.0. The van der Waals surface area contributed by atoms with Gasteiger partial charge in [-0.15, -0.1) is 0 Å². The molecule has 2 aromatic rings. The van der Waals surface area contributed by atoms with Crippen molar-refractivity contribution < 1.29 is 9.18 Å². The fourth-order valence-electron chi connectivity index (χ4n) is 4.01. The second-order valence-electron chi connectivity index (χ2n) is 7.89. The number of nitrogens with one attached hydrogen (secondary N) is 3. The Hall–Kier alpha value is -3.09. The molecule has 2 aromatic carbocycles. The van der Waals surface area contributed by atoms with Crippen molar-refractivity contribution >= 4 is 17.6 Å². The first-order valence-electron chi connectivity index (χ1n) is 10.8. The Bertz CT molecular complexity index is 930. The quantitative estimate of drug-likeness (QED) is 0.492. The molecule has 1 unspecified atom stereocenters. The van der Waals surface area contributed by atoms with Crippen molar-refractivity contribution in [2.75, 3.05) is 38.6 Å². The number of piperidine rings is 1. The summed E-state index contributed by atoms with van der Waals surface area (Å²) in [5.41, 5.74) is 3.81. The highest BCUT2D eigenvalue weighted by Crippen LogP contribution is 2.24. The van der Waals surface area contributed by atoms with E-state index in [0.717, 1.165) is 55.1 Å². The maximum absolute atomic E-state index is 13.5. The molecule has 0 bridgehead atoms. The molecule has 3 N–H and O–H groups in total. The molecule has 0 aliphatic carbocycles. The average molecular weight is 426 g/mol. The minimum absolute atomic E-state index is 0.0782. The lowest BCUT2D eigenvalue weighted by Gasteiger charge is -2.36. The van der Waals surface area contributed by atoms with Gasteiger partial charge < -0.3 is 20.9 Å². The van der Waals surface area contributed by atoms with Gasteiger partial charge in [-0.2, -0.15) is 0 Å². The monoisotopic (exact) mass is 425 g/mol. The van der Waals surface area contributed by atoms with Crippen LogP contribution in [0.15, 0.2) is 47.5 Å². The standard InChI is InChI=1S/C24H32FN5O/c1-17-14-20(25)9-10-22(17)30-13-5-8-21(16-30)29-24(27-3)28-12-11-18-6-4-7-19(15-18)23(31)26-2/h4,6-7,9-10,14-15,21H,5,8,11-13,16H2,1-3H3,(H,26,31)(H2,27,28,29). The third-order valence-electron chi connectivity index (χ3n) is 5.61. The molecule has 166 valence electrons. The van der Waals surface area contributed by atoms with Crippen molar-refractivity contribution in [3.05, 3.63) is 65.0 Å². The van der Waals surface area contributed by atoms with Crippen molar-refractivity contribution in [1.29, 1.82) is 0 Å². The third kappa shape index (κ3) is 6.20. The fourth-order valence-corrected chi connectivity index (χ4v) is 4.01. The van der Waals surface area contributed by atoms with Gasteiger partial charge in [-0.1, -0.05) is 12.1 Å². The van der Waals surface area contributed by atoms with Crippen molar-refractivity contribution in [2.24, 2.45) is 4.99 Å². The Balaban J connectivity index is 1.52. The predicted molar refractivity (Wildman–Crippen MR) is 124 cm³/mol. The van der Waals surface area contributed by atoms with Crippen LogP contribution in [0.25, 0.3) is 0 Å². The van der Waals surface area contributed by atoms with E-state index in [0.29, 0.717) is 12.1 Å². The van der Waals surface area contributed by atoms with Crippen molar-refractivity contribution in [3.8, 4) is 0 Å². The number of amides is 1. The highest BCUT2D eigenvalue weighted by Gasteiger charge is 2.22. The van der Waals surface area contributed by atoms with E-state index in [1.54, 1.807) is 20.2 Å². The van der Waals surface area contributed by atoms with Crippen LogP contribution in [0.2, 0.25) is 0 Å². The molecular formula is C24H32FN5O. The number of carbonyl (C=O) groups is 1. The van der Waals surface area contributed by atoms with Crippen molar-refractivity contribution in [3.63, 3.8) is 0 Å². The zero-order valence-electron chi connectivity index (χ0n) is 18.5. The molecule has 6 nitrogen and oxygen atoms in total. The van der Waals surface area contributed by atoms with Crippen LogP contribution in [0, 0.1) is 12.7 Å². The zero-order chi connectivity index (χ0) is 22.2. The number of hydrogen-bond acceptors (Lipinski definition) is 3. The van der Waals surface area contributed by atoms with E-state index in [9.17, 15) is 9.18 Å². The Morgan fingerprint density at radius 2 is 2.10 bits per heavy atom. The van der Waals surface area contributed by atoms with Gasteiger partial charge in [0.05, 0.1) is 0 Å². The molecule has 0 saturated carbocycles. The summed E-state index contributed by atoms with van der Waals surface area (Å²) in [4.78, 5) is 18.5. The second-order valence-corrected chi connectivity index (χ2v) is 7.89. The normalized spacial score (nSPS) is 16.7. The number of hydrogen-bond donors (Lipinski definition) is 3. The van der Waals surface area contributed by atoms with Gasteiger partial charge in [0, 0.05) is 51.0 Å². The van der Waals surface area contributed by atoms with Gasteiger partial charge in [-0.25, -0.2) is 4.39 Å². The largest absolute Gasteiger partial charge is 0.369 e. The topological polar surface area (TPSA) is 68.8 Å². The molecule has 31 heavy (non-hydrogen) atoms. The summed E-state index contributed by atoms with van der Waals surface area (Å²) >= 11 is 0. The smallest absolute Gasteiger partial charge is 0.251 e. The maximum Gasteiger partial charge on any atom is 0.251 e. The highest BCUT2D eigenvalue weighted by molar-refractivity contribution is 5.94. The molecule has 1 amide bonds. The Morgan fingerprint density at radius 3 is 2.84 bits per heavy atom. The van der Waals surface area contributed by atoms with Gasteiger partial charge >= 0.3 is 0 Å². The molecule has 1 saturated heterocycles. The molecule has 1 heterocycles. The molecule has 0 radical (unpaired) electrons.